The first kappa shape index (κ1) is 28.4. The van der Waals surface area contributed by atoms with Crippen LogP contribution in [0.1, 0.15) is 62.3 Å². The number of nitrogens with zero attached hydrogens (tertiary/aromatic N) is 3. The summed E-state index contributed by atoms with van der Waals surface area (Å²) in [6.07, 6.45) is 6.54. The maximum absolute atomic E-state index is 12.8. The van der Waals surface area contributed by atoms with Crippen molar-refractivity contribution in [1.82, 2.24) is 15.1 Å². The number of aliphatic hydroxyl groups is 1. The molecule has 1 saturated carbocycles. The molecule has 10 heteroatoms. The topological polar surface area (TPSA) is 85.2 Å². The Hall–Kier alpha value is -3.14. The number of rotatable bonds is 6. The summed E-state index contributed by atoms with van der Waals surface area (Å²) in [7, 11) is 0. The van der Waals surface area contributed by atoms with Crippen LogP contribution >= 0.6 is 0 Å². The molecule has 3 aliphatic rings. The Bertz CT molecular complexity index is 1010. The number of carbonyl (C=O) groups excluding carboxylic acids is 2. The number of halogens is 3. The number of fused-ring (bicyclic) bond motifs is 1. The molecule has 4 rings (SSSR count). The second-order valence-electron chi connectivity index (χ2n) is 9.51. The van der Waals surface area contributed by atoms with Gasteiger partial charge >= 0.3 is 6.18 Å². The third kappa shape index (κ3) is 7.44. The third-order valence-electron chi connectivity index (χ3n) is 7.26. The van der Waals surface area contributed by atoms with E-state index in [1.807, 2.05) is 4.90 Å². The van der Waals surface area contributed by atoms with E-state index < -0.39 is 17.6 Å². The molecule has 1 aliphatic carbocycles. The van der Waals surface area contributed by atoms with Gasteiger partial charge in [-0.25, -0.2) is 4.99 Å². The summed E-state index contributed by atoms with van der Waals surface area (Å²) in [5.74, 6) is -0.927. The number of aliphatic hydroxyl groups excluding tert-OH is 1. The summed E-state index contributed by atoms with van der Waals surface area (Å²) in [5, 5.41) is 10.9. The van der Waals surface area contributed by atoms with Crippen molar-refractivity contribution < 1.29 is 29.3 Å². The van der Waals surface area contributed by atoms with Crippen LogP contribution in [0.5, 0.6) is 0 Å². The lowest BCUT2D eigenvalue weighted by atomic mass is 9.93. The smallest absolute Gasteiger partial charge is 0.416 e. The molecule has 2 amide bonds. The average molecular weight is 523 g/mol. The van der Waals surface area contributed by atoms with Gasteiger partial charge < -0.3 is 15.3 Å². The van der Waals surface area contributed by atoms with Crippen LogP contribution in [0.4, 0.5) is 13.2 Å². The van der Waals surface area contributed by atoms with Gasteiger partial charge in [0.05, 0.1) is 12.1 Å². The zero-order valence-corrected chi connectivity index (χ0v) is 20.9. The molecule has 0 radical (unpaired) electrons. The van der Waals surface area contributed by atoms with Gasteiger partial charge in [0.2, 0.25) is 11.8 Å². The third-order valence-corrected chi connectivity index (χ3v) is 7.26. The van der Waals surface area contributed by atoms with Gasteiger partial charge in [0, 0.05) is 38.2 Å². The first-order valence-corrected chi connectivity index (χ1v) is 12.6. The van der Waals surface area contributed by atoms with Crippen LogP contribution in [-0.4, -0.2) is 71.2 Å². The number of aliphatic imine (C=N–C) groups is 1. The standard InChI is InChI=1S/C22H28F3N3O2.C5H7NO.H2/c23-22(24,25)16-6-4-5-15(13-16)21(30)26-14-20(29)28-12-10-18-19(28)9-11-27(18)17-7-2-1-3-8-17;1-3-4-5(7)6-2;/h4-6,13,17-19H,1-3,7-12,14H2,(H,26,30);3-4,7H,1-2H2;1H/b;5-4+;. The van der Waals surface area contributed by atoms with Gasteiger partial charge in [0.1, 0.15) is 0 Å². The number of nitrogens with one attached hydrogen (secondary N) is 1. The van der Waals surface area contributed by atoms with E-state index in [1.54, 1.807) is 0 Å². The van der Waals surface area contributed by atoms with Gasteiger partial charge in [-0.3, -0.25) is 14.5 Å². The number of hydrogen-bond donors (Lipinski definition) is 2. The van der Waals surface area contributed by atoms with E-state index in [0.29, 0.717) is 18.6 Å². The maximum atomic E-state index is 12.8. The Morgan fingerprint density at radius 3 is 2.46 bits per heavy atom. The molecule has 1 aromatic carbocycles. The molecule has 0 aromatic heterocycles. The summed E-state index contributed by atoms with van der Waals surface area (Å²) in [5.41, 5.74) is -0.973. The Morgan fingerprint density at radius 1 is 1.14 bits per heavy atom. The van der Waals surface area contributed by atoms with Gasteiger partial charge in [-0.2, -0.15) is 13.2 Å². The molecule has 3 fully saturated rings. The quantitative estimate of drug-likeness (QED) is 0.314. The minimum atomic E-state index is -4.51. The van der Waals surface area contributed by atoms with E-state index in [2.05, 4.69) is 28.5 Å². The Labute approximate surface area is 217 Å². The van der Waals surface area contributed by atoms with Crippen molar-refractivity contribution in [3.63, 3.8) is 0 Å². The molecule has 2 unspecified atom stereocenters. The minimum Gasteiger partial charge on any atom is -0.493 e. The monoisotopic (exact) mass is 522 g/mol. The van der Waals surface area contributed by atoms with Crippen molar-refractivity contribution in [2.24, 2.45) is 4.99 Å². The highest BCUT2D eigenvalue weighted by Gasteiger charge is 2.46. The van der Waals surface area contributed by atoms with Crippen molar-refractivity contribution in [3.05, 3.63) is 60.0 Å². The number of hydrogen-bond acceptors (Lipinski definition) is 5. The number of amides is 2. The fraction of sp³-hybridized carbons (Fsp3) is 0.519. The van der Waals surface area contributed by atoms with Gasteiger partial charge in [-0.15, -0.1) is 0 Å². The lowest BCUT2D eigenvalue weighted by Crippen LogP contribution is -2.46. The van der Waals surface area contributed by atoms with Crippen LogP contribution < -0.4 is 5.32 Å². The molecule has 0 bridgehead atoms. The van der Waals surface area contributed by atoms with E-state index in [0.717, 1.165) is 31.5 Å². The summed E-state index contributed by atoms with van der Waals surface area (Å²) in [4.78, 5) is 32.6. The van der Waals surface area contributed by atoms with Crippen molar-refractivity contribution in [2.75, 3.05) is 19.6 Å². The number of benzene rings is 1. The van der Waals surface area contributed by atoms with Crippen LogP contribution in [0, 0.1) is 0 Å². The summed E-state index contributed by atoms with van der Waals surface area (Å²) in [6.45, 7) is 7.89. The highest BCUT2D eigenvalue weighted by molar-refractivity contribution is 5.96. The van der Waals surface area contributed by atoms with E-state index in [1.165, 1.54) is 56.4 Å². The highest BCUT2D eigenvalue weighted by Crippen LogP contribution is 2.36. The van der Waals surface area contributed by atoms with E-state index in [4.69, 9.17) is 5.11 Å². The normalized spacial score (nSPS) is 22.6. The summed E-state index contributed by atoms with van der Waals surface area (Å²) < 4.78 is 38.5. The molecule has 2 heterocycles. The molecule has 204 valence electrons. The first-order chi connectivity index (χ1) is 17.7. The maximum Gasteiger partial charge on any atom is 0.416 e. The van der Waals surface area contributed by atoms with Crippen LogP contribution in [0.3, 0.4) is 0 Å². The molecular formula is C27H37F3N4O3. The number of alkyl halides is 3. The molecule has 1 aromatic rings. The van der Waals surface area contributed by atoms with Crippen molar-refractivity contribution in [1.29, 1.82) is 0 Å². The predicted molar refractivity (Wildman–Crippen MR) is 138 cm³/mol. The van der Waals surface area contributed by atoms with Crippen LogP contribution in [0.25, 0.3) is 0 Å². The molecular weight excluding hydrogens is 485 g/mol. The first-order valence-electron chi connectivity index (χ1n) is 12.6. The Balaban J connectivity index is 0.000000561. The summed E-state index contributed by atoms with van der Waals surface area (Å²) in [6, 6.07) is 5.46. The fourth-order valence-electron chi connectivity index (χ4n) is 5.55. The highest BCUT2D eigenvalue weighted by atomic mass is 19.4. The van der Waals surface area contributed by atoms with E-state index in [9.17, 15) is 22.8 Å². The molecule has 37 heavy (non-hydrogen) atoms. The van der Waals surface area contributed by atoms with Crippen LogP contribution in [-0.2, 0) is 11.0 Å². The van der Waals surface area contributed by atoms with E-state index >= 15 is 0 Å². The van der Waals surface area contributed by atoms with E-state index in [-0.39, 0.29) is 31.4 Å². The largest absolute Gasteiger partial charge is 0.493 e. The Morgan fingerprint density at radius 2 is 1.84 bits per heavy atom. The van der Waals surface area contributed by atoms with Gasteiger partial charge in [0.25, 0.3) is 5.91 Å². The van der Waals surface area contributed by atoms with Crippen LogP contribution in [0.2, 0.25) is 0 Å². The average Bonchev–Trinajstić information content (AvgIpc) is 3.50. The number of likely N-dealkylation sites (tertiary alicyclic amines) is 2. The van der Waals surface area contributed by atoms with Gasteiger partial charge in [-0.1, -0.05) is 38.0 Å². The second kappa shape index (κ2) is 12.9. The lowest BCUT2D eigenvalue weighted by Gasteiger charge is -2.35. The van der Waals surface area contributed by atoms with Crippen molar-refractivity contribution >= 4 is 18.5 Å². The SMILES string of the molecule is C=C/C=C(/O)N=C.O=C(NCC(=O)N1CCC2C1CCN2C1CCCCC1)c1cccc(C(F)(F)F)c1.[HH]. The molecule has 7 nitrogen and oxygen atoms in total. The second-order valence-corrected chi connectivity index (χ2v) is 9.51. The molecule has 2 atom stereocenters. The predicted octanol–water partition coefficient (Wildman–Crippen LogP) is 4.96. The zero-order valence-electron chi connectivity index (χ0n) is 20.9. The molecule has 2 saturated heterocycles. The van der Waals surface area contributed by atoms with Crippen molar-refractivity contribution in [2.45, 2.75) is 69.2 Å². The van der Waals surface area contributed by atoms with Gasteiger partial charge in [0.15, 0.2) is 0 Å². The number of carbonyl (C=O) groups is 2. The molecule has 2 aliphatic heterocycles. The minimum absolute atomic E-state index is 0. The van der Waals surface area contributed by atoms with Crippen LogP contribution in [0.15, 0.2) is 53.9 Å². The molecule has 0 spiro atoms. The Kier molecular flexibility index (Phi) is 9.91. The fourth-order valence-corrected chi connectivity index (χ4v) is 5.55. The zero-order chi connectivity index (χ0) is 27.0. The van der Waals surface area contributed by atoms with Crippen molar-refractivity contribution in [3.8, 4) is 0 Å². The lowest BCUT2D eigenvalue weighted by molar-refractivity contribution is -0.137. The number of allylic oxidation sites excluding steroid dienone is 2. The van der Waals surface area contributed by atoms with Gasteiger partial charge in [-0.05, 0) is 56.7 Å². The summed E-state index contributed by atoms with van der Waals surface area (Å²) >= 11 is 0. The molecule has 2 N–H and O–H groups in total.